The van der Waals surface area contributed by atoms with Crippen molar-refractivity contribution in [3.05, 3.63) is 45.9 Å². The number of anilines is 1. The summed E-state index contributed by atoms with van der Waals surface area (Å²) in [6.07, 6.45) is 0. The van der Waals surface area contributed by atoms with E-state index in [-0.39, 0.29) is 5.95 Å². The molecule has 3 aromatic rings. The number of fused-ring (bicyclic) bond motifs is 1. The third-order valence-electron chi connectivity index (χ3n) is 4.21. The number of nitrogen functional groups attached to an aromatic ring is 1. The largest absolute Gasteiger partial charge is 0.493 e. The van der Waals surface area contributed by atoms with Crippen molar-refractivity contribution < 1.29 is 18.9 Å². The molecule has 0 unspecified atom stereocenters. The van der Waals surface area contributed by atoms with Gasteiger partial charge in [0.2, 0.25) is 0 Å². The molecule has 0 atom stereocenters. The van der Waals surface area contributed by atoms with Crippen LogP contribution in [0.5, 0.6) is 23.0 Å². The van der Waals surface area contributed by atoms with E-state index in [9.17, 15) is 0 Å². The van der Waals surface area contributed by atoms with Crippen molar-refractivity contribution in [1.82, 2.24) is 20.3 Å². The average Bonchev–Trinajstić information content (AvgIpc) is 3.15. The summed E-state index contributed by atoms with van der Waals surface area (Å²) in [6.45, 7) is 1.90. The lowest BCUT2D eigenvalue weighted by Gasteiger charge is -2.19. The summed E-state index contributed by atoms with van der Waals surface area (Å²) in [5, 5.41) is 10.8. The summed E-state index contributed by atoms with van der Waals surface area (Å²) in [5.41, 5.74) is 10.5. The minimum Gasteiger partial charge on any atom is -0.493 e. The van der Waals surface area contributed by atoms with E-state index in [2.05, 4.69) is 36.9 Å². The molecule has 0 amide bonds. The van der Waals surface area contributed by atoms with E-state index in [0.717, 1.165) is 27.1 Å². The summed E-state index contributed by atoms with van der Waals surface area (Å²) in [6, 6.07) is 9.55. The number of methoxy groups -OCH3 is 1. The Hall–Kier alpha value is -3.21. The fourth-order valence-corrected chi connectivity index (χ4v) is 3.43. The molecule has 0 saturated heterocycles. The summed E-state index contributed by atoms with van der Waals surface area (Å²) in [4.78, 5) is 1.30. The minimum absolute atomic E-state index is 0.176. The molecule has 1 aliphatic heterocycles. The molecular weight excluding hydrogens is 444 g/mol. The van der Waals surface area contributed by atoms with Crippen molar-refractivity contribution in [2.24, 2.45) is 0 Å². The van der Waals surface area contributed by atoms with E-state index in [1.54, 1.807) is 7.11 Å². The van der Waals surface area contributed by atoms with Gasteiger partial charge in [0.25, 0.3) is 5.95 Å². The minimum atomic E-state index is 0.176. The zero-order chi connectivity index (χ0) is 20.2. The standard InChI is InChI=1S/C18H19BrN6O4/c1-26-16-8-12(9-21-25-18(20)22-23-24-25)6-13(19)17(16)29-10-11-2-3-14-15(7-11)28-5-4-27-14/h2-3,6-8,21H,4-5,9-10H2,1H3,(H2,20,22,24). The number of hydrogen-bond donors (Lipinski definition) is 2. The lowest BCUT2D eigenvalue weighted by molar-refractivity contribution is 0.171. The first-order valence-electron chi connectivity index (χ1n) is 8.79. The molecule has 1 aromatic heterocycles. The number of nitrogens with two attached hydrogens (primary N) is 1. The first-order chi connectivity index (χ1) is 14.1. The van der Waals surface area contributed by atoms with E-state index in [4.69, 9.17) is 24.7 Å². The van der Waals surface area contributed by atoms with E-state index in [1.165, 1.54) is 4.79 Å². The smallest absolute Gasteiger partial charge is 0.260 e. The van der Waals surface area contributed by atoms with Crippen LogP contribution in [0.3, 0.4) is 0 Å². The second-order valence-corrected chi connectivity index (χ2v) is 7.01. The second-order valence-electron chi connectivity index (χ2n) is 6.16. The Bertz CT molecular complexity index is 1010. The molecule has 0 spiro atoms. The van der Waals surface area contributed by atoms with Crippen LogP contribution in [-0.2, 0) is 13.2 Å². The highest BCUT2D eigenvalue weighted by atomic mass is 79.9. The zero-order valence-corrected chi connectivity index (χ0v) is 17.2. The van der Waals surface area contributed by atoms with E-state index in [1.807, 2.05) is 30.3 Å². The number of rotatable bonds is 7. The van der Waals surface area contributed by atoms with Gasteiger partial charge < -0.3 is 30.1 Å². The molecule has 0 bridgehead atoms. The maximum Gasteiger partial charge on any atom is 0.260 e. The lowest BCUT2D eigenvalue weighted by atomic mass is 10.2. The van der Waals surface area contributed by atoms with Crippen molar-refractivity contribution >= 4 is 21.9 Å². The van der Waals surface area contributed by atoms with Crippen LogP contribution >= 0.6 is 15.9 Å². The number of aromatic nitrogens is 4. The maximum absolute atomic E-state index is 6.01. The second kappa shape index (κ2) is 8.43. The Balaban J connectivity index is 1.46. The molecule has 1 aliphatic rings. The van der Waals surface area contributed by atoms with Crippen molar-refractivity contribution in [2.75, 3.05) is 31.5 Å². The Morgan fingerprint density at radius 3 is 2.76 bits per heavy atom. The van der Waals surface area contributed by atoms with Crippen LogP contribution in [0.4, 0.5) is 5.95 Å². The third-order valence-corrected chi connectivity index (χ3v) is 4.79. The molecule has 0 aliphatic carbocycles. The van der Waals surface area contributed by atoms with Crippen LogP contribution in [0, 0.1) is 0 Å². The fraction of sp³-hybridized carbons (Fsp3) is 0.278. The van der Waals surface area contributed by atoms with Crippen molar-refractivity contribution in [3.63, 3.8) is 0 Å². The number of benzene rings is 2. The molecule has 2 heterocycles. The van der Waals surface area contributed by atoms with Crippen molar-refractivity contribution in [1.29, 1.82) is 0 Å². The fourth-order valence-electron chi connectivity index (χ4n) is 2.82. The molecule has 2 aromatic carbocycles. The molecule has 11 heteroatoms. The monoisotopic (exact) mass is 462 g/mol. The third kappa shape index (κ3) is 4.29. The number of halogens is 1. The van der Waals surface area contributed by atoms with E-state index < -0.39 is 0 Å². The highest BCUT2D eigenvalue weighted by Gasteiger charge is 2.15. The van der Waals surface area contributed by atoms with Crippen LogP contribution < -0.4 is 30.1 Å². The summed E-state index contributed by atoms with van der Waals surface area (Å²) in [7, 11) is 1.59. The van der Waals surface area contributed by atoms with Gasteiger partial charge in [-0.2, -0.15) is 0 Å². The predicted octanol–water partition coefficient (Wildman–Crippen LogP) is 2.12. The quantitative estimate of drug-likeness (QED) is 0.543. The van der Waals surface area contributed by atoms with Gasteiger partial charge in [-0.25, -0.2) is 0 Å². The highest BCUT2D eigenvalue weighted by molar-refractivity contribution is 9.10. The number of tetrazole rings is 1. The molecule has 10 nitrogen and oxygen atoms in total. The molecule has 4 rings (SSSR count). The van der Waals surface area contributed by atoms with Gasteiger partial charge in [-0.1, -0.05) is 11.2 Å². The lowest BCUT2D eigenvalue weighted by Crippen LogP contribution is -2.18. The topological polar surface area (TPSA) is 119 Å². The van der Waals surface area contributed by atoms with Crippen LogP contribution in [0.25, 0.3) is 0 Å². The van der Waals surface area contributed by atoms with E-state index >= 15 is 0 Å². The molecule has 0 radical (unpaired) electrons. The van der Waals surface area contributed by atoms with Crippen molar-refractivity contribution in [3.8, 4) is 23.0 Å². The number of nitrogens with one attached hydrogen (secondary N) is 1. The Morgan fingerprint density at radius 1 is 1.17 bits per heavy atom. The van der Waals surface area contributed by atoms with Crippen LogP contribution in [0.1, 0.15) is 11.1 Å². The van der Waals surface area contributed by atoms with Gasteiger partial charge in [-0.3, -0.25) is 0 Å². The van der Waals surface area contributed by atoms with Gasteiger partial charge in [-0.15, -0.1) is 4.79 Å². The number of ether oxygens (including phenoxy) is 4. The van der Waals surface area contributed by atoms with Crippen LogP contribution in [0.15, 0.2) is 34.8 Å². The molecule has 29 heavy (non-hydrogen) atoms. The van der Waals surface area contributed by atoms with Crippen molar-refractivity contribution in [2.45, 2.75) is 13.2 Å². The summed E-state index contributed by atoms with van der Waals surface area (Å²) in [5.74, 6) is 2.85. The first kappa shape index (κ1) is 19.1. The van der Waals surface area contributed by atoms with E-state index in [0.29, 0.717) is 37.9 Å². The average molecular weight is 463 g/mol. The highest BCUT2D eigenvalue weighted by Crippen LogP contribution is 2.38. The van der Waals surface area contributed by atoms with Gasteiger partial charge in [0.05, 0.1) is 18.1 Å². The molecule has 152 valence electrons. The van der Waals surface area contributed by atoms with Crippen LogP contribution in [0.2, 0.25) is 0 Å². The molecule has 0 saturated carbocycles. The maximum atomic E-state index is 6.01. The summed E-state index contributed by atoms with van der Waals surface area (Å²) < 4.78 is 23.4. The van der Waals surface area contributed by atoms with Gasteiger partial charge in [0.15, 0.2) is 23.0 Å². The SMILES string of the molecule is COc1cc(CNn2nnnc2N)cc(Br)c1OCc1ccc2c(c1)OCCO2. The van der Waals surface area contributed by atoms with Gasteiger partial charge in [-0.05, 0) is 61.7 Å². The zero-order valence-electron chi connectivity index (χ0n) is 15.6. The Labute approximate surface area is 175 Å². The van der Waals surface area contributed by atoms with Crippen LogP contribution in [-0.4, -0.2) is 40.6 Å². The van der Waals surface area contributed by atoms with Gasteiger partial charge in [0.1, 0.15) is 19.8 Å². The number of hydrogen-bond acceptors (Lipinski definition) is 9. The molecular formula is C18H19BrN6O4. The Morgan fingerprint density at radius 2 is 2.00 bits per heavy atom. The van der Waals surface area contributed by atoms with Gasteiger partial charge >= 0.3 is 0 Å². The van der Waals surface area contributed by atoms with Gasteiger partial charge in [0, 0.05) is 0 Å². The number of nitrogens with zero attached hydrogens (tertiary/aromatic N) is 4. The predicted molar refractivity (Wildman–Crippen MR) is 108 cm³/mol. The summed E-state index contributed by atoms with van der Waals surface area (Å²) >= 11 is 3.56. The first-order valence-corrected chi connectivity index (χ1v) is 9.59. The Kier molecular flexibility index (Phi) is 5.56. The normalized spacial score (nSPS) is 12.5. The molecule has 0 fully saturated rings. The molecule has 3 N–H and O–H groups in total.